The van der Waals surface area contributed by atoms with Crippen LogP contribution in [0.1, 0.15) is 34.6 Å². The van der Waals surface area contributed by atoms with Crippen molar-refractivity contribution in [3.63, 3.8) is 0 Å². The molecular weight excluding hydrogens is 252 g/mol. The monoisotopic (exact) mass is 274 g/mol. The number of benzene rings is 1. The summed E-state index contributed by atoms with van der Waals surface area (Å²) in [7, 11) is 0. The second-order valence-electron chi connectivity index (χ2n) is 6.49. The van der Waals surface area contributed by atoms with Gasteiger partial charge in [-0.05, 0) is 26.0 Å². The second-order valence-corrected chi connectivity index (χ2v) is 6.49. The molecule has 0 N–H and O–H groups in total. The predicted molar refractivity (Wildman–Crippen MR) is 80.9 cm³/mol. The first kappa shape index (κ1) is 14.6. The zero-order chi connectivity index (χ0) is 15.1. The number of carbonyl (C=O) groups excluding carboxylic acids is 2. The molecule has 0 aromatic heterocycles. The topological polar surface area (TPSA) is 40.6 Å². The maximum absolute atomic E-state index is 12.6. The van der Waals surface area contributed by atoms with Crippen molar-refractivity contribution in [2.24, 2.45) is 5.41 Å². The van der Waals surface area contributed by atoms with E-state index >= 15 is 0 Å². The number of carbonyl (C=O) groups is 2. The van der Waals surface area contributed by atoms with E-state index in [4.69, 9.17) is 0 Å². The van der Waals surface area contributed by atoms with Gasteiger partial charge in [-0.25, -0.2) is 0 Å². The van der Waals surface area contributed by atoms with E-state index in [1.165, 1.54) is 0 Å². The van der Waals surface area contributed by atoms with Gasteiger partial charge in [-0.1, -0.05) is 32.9 Å². The Bertz CT molecular complexity index is 544. The van der Waals surface area contributed by atoms with Gasteiger partial charge in [0.15, 0.2) is 0 Å². The Labute approximate surface area is 120 Å². The van der Waals surface area contributed by atoms with E-state index in [9.17, 15) is 9.59 Å². The summed E-state index contributed by atoms with van der Waals surface area (Å²) in [6, 6.07) is 7.68. The number of hydrogen-bond donors (Lipinski definition) is 0. The van der Waals surface area contributed by atoms with Crippen molar-refractivity contribution in [2.75, 3.05) is 16.3 Å². The standard InChI is InChI=1S/C16H22N2O2/c1-11(2)18-13-9-7-6-8-12(13)17(10-14(18)19)15(20)16(3,4)5/h6-9,11H,10H2,1-5H3. The highest BCUT2D eigenvalue weighted by Crippen LogP contribution is 2.36. The first-order chi connectivity index (χ1) is 9.23. The molecule has 2 amide bonds. The smallest absolute Gasteiger partial charge is 0.247 e. The molecular formula is C16H22N2O2. The number of hydrogen-bond acceptors (Lipinski definition) is 2. The molecule has 4 nitrogen and oxygen atoms in total. The lowest BCUT2D eigenvalue weighted by Crippen LogP contribution is -2.52. The van der Waals surface area contributed by atoms with Crippen LogP contribution in [0.3, 0.4) is 0 Å². The van der Waals surface area contributed by atoms with Gasteiger partial charge >= 0.3 is 0 Å². The van der Waals surface area contributed by atoms with Crippen molar-refractivity contribution >= 4 is 23.2 Å². The van der Waals surface area contributed by atoms with Crippen LogP contribution < -0.4 is 9.80 Å². The highest BCUT2D eigenvalue weighted by molar-refractivity contribution is 6.12. The minimum atomic E-state index is -0.507. The molecule has 0 aliphatic carbocycles. The third-order valence-electron chi connectivity index (χ3n) is 3.40. The number of nitrogens with zero attached hydrogens (tertiary/aromatic N) is 2. The Morgan fingerprint density at radius 1 is 1.15 bits per heavy atom. The Balaban J connectivity index is 2.52. The molecule has 1 heterocycles. The second kappa shape index (κ2) is 4.93. The Hall–Kier alpha value is -1.84. The summed E-state index contributed by atoms with van der Waals surface area (Å²) < 4.78 is 0. The Morgan fingerprint density at radius 2 is 1.70 bits per heavy atom. The van der Waals surface area contributed by atoms with Gasteiger partial charge in [-0.2, -0.15) is 0 Å². The molecule has 1 aliphatic heterocycles. The molecule has 4 heteroatoms. The van der Waals surface area contributed by atoms with E-state index in [0.29, 0.717) is 0 Å². The van der Waals surface area contributed by atoms with E-state index in [1.54, 1.807) is 9.80 Å². The lowest BCUT2D eigenvalue weighted by molar-refractivity contribution is -0.128. The largest absolute Gasteiger partial charge is 0.306 e. The van der Waals surface area contributed by atoms with Crippen molar-refractivity contribution in [1.82, 2.24) is 0 Å². The van der Waals surface area contributed by atoms with Gasteiger partial charge in [-0.15, -0.1) is 0 Å². The maximum atomic E-state index is 12.6. The quantitative estimate of drug-likeness (QED) is 0.790. The van der Waals surface area contributed by atoms with Crippen LogP contribution in [0, 0.1) is 5.41 Å². The minimum Gasteiger partial charge on any atom is -0.306 e. The van der Waals surface area contributed by atoms with Gasteiger partial charge in [-0.3, -0.25) is 9.59 Å². The summed E-state index contributed by atoms with van der Waals surface area (Å²) in [5.74, 6) is -0.0574. The van der Waals surface area contributed by atoms with Gasteiger partial charge in [0.1, 0.15) is 6.54 Å². The molecule has 0 saturated heterocycles. The van der Waals surface area contributed by atoms with E-state index in [-0.39, 0.29) is 24.4 Å². The highest BCUT2D eigenvalue weighted by Gasteiger charge is 2.37. The number of rotatable bonds is 1. The Morgan fingerprint density at radius 3 is 2.20 bits per heavy atom. The van der Waals surface area contributed by atoms with E-state index in [0.717, 1.165) is 11.4 Å². The van der Waals surface area contributed by atoms with Crippen LogP contribution in [0.4, 0.5) is 11.4 Å². The fourth-order valence-electron chi connectivity index (χ4n) is 2.48. The van der Waals surface area contributed by atoms with Crippen LogP contribution >= 0.6 is 0 Å². The fraction of sp³-hybridized carbons (Fsp3) is 0.500. The van der Waals surface area contributed by atoms with E-state index < -0.39 is 5.41 Å². The van der Waals surface area contributed by atoms with E-state index in [1.807, 2.05) is 58.9 Å². The molecule has 0 unspecified atom stereocenters. The van der Waals surface area contributed by atoms with Gasteiger partial charge < -0.3 is 9.80 Å². The van der Waals surface area contributed by atoms with Crippen LogP contribution in [0.5, 0.6) is 0 Å². The number of amides is 2. The fourth-order valence-corrected chi connectivity index (χ4v) is 2.48. The minimum absolute atomic E-state index is 0.0262. The van der Waals surface area contributed by atoms with Crippen molar-refractivity contribution in [3.8, 4) is 0 Å². The summed E-state index contributed by atoms with van der Waals surface area (Å²) in [4.78, 5) is 28.3. The third kappa shape index (κ3) is 2.42. The molecule has 1 aliphatic rings. The third-order valence-corrected chi connectivity index (χ3v) is 3.40. The predicted octanol–water partition coefficient (Wildman–Crippen LogP) is 2.82. The number of fused-ring (bicyclic) bond motifs is 1. The lowest BCUT2D eigenvalue weighted by atomic mass is 9.93. The van der Waals surface area contributed by atoms with Gasteiger partial charge in [0.05, 0.1) is 11.4 Å². The highest BCUT2D eigenvalue weighted by atomic mass is 16.2. The molecule has 2 rings (SSSR count). The number of anilines is 2. The van der Waals surface area contributed by atoms with Crippen LogP contribution in [0.25, 0.3) is 0 Å². The molecule has 20 heavy (non-hydrogen) atoms. The van der Waals surface area contributed by atoms with Gasteiger partial charge in [0.25, 0.3) is 0 Å². The molecule has 0 saturated carbocycles. The molecule has 0 fully saturated rings. The van der Waals surface area contributed by atoms with Crippen molar-refractivity contribution < 1.29 is 9.59 Å². The molecule has 108 valence electrons. The summed E-state index contributed by atoms with van der Waals surface area (Å²) in [6.07, 6.45) is 0. The normalized spacial score (nSPS) is 15.6. The molecule has 0 spiro atoms. The van der Waals surface area contributed by atoms with Gasteiger partial charge in [0, 0.05) is 11.5 Å². The maximum Gasteiger partial charge on any atom is 0.247 e. The van der Waals surface area contributed by atoms with Crippen molar-refractivity contribution in [3.05, 3.63) is 24.3 Å². The summed E-state index contributed by atoms with van der Waals surface area (Å²) in [5.41, 5.74) is 1.13. The molecule has 0 atom stereocenters. The van der Waals surface area contributed by atoms with E-state index in [2.05, 4.69) is 0 Å². The average Bonchev–Trinajstić information content (AvgIpc) is 2.35. The van der Waals surface area contributed by atoms with Crippen LogP contribution in [-0.2, 0) is 9.59 Å². The van der Waals surface area contributed by atoms with Crippen LogP contribution in [-0.4, -0.2) is 24.4 Å². The van der Waals surface area contributed by atoms with Crippen molar-refractivity contribution in [2.45, 2.75) is 40.7 Å². The van der Waals surface area contributed by atoms with Crippen molar-refractivity contribution in [1.29, 1.82) is 0 Å². The molecule has 1 aromatic carbocycles. The Kier molecular flexibility index (Phi) is 3.59. The average molecular weight is 274 g/mol. The van der Waals surface area contributed by atoms with Crippen LogP contribution in [0.15, 0.2) is 24.3 Å². The first-order valence-electron chi connectivity index (χ1n) is 6.96. The lowest BCUT2D eigenvalue weighted by Gasteiger charge is -2.40. The molecule has 0 bridgehead atoms. The summed E-state index contributed by atoms with van der Waals surface area (Å²) in [5, 5.41) is 0. The van der Waals surface area contributed by atoms with Crippen LogP contribution in [0.2, 0.25) is 0 Å². The number of para-hydroxylation sites is 2. The zero-order valence-electron chi connectivity index (χ0n) is 12.8. The molecule has 1 aromatic rings. The summed E-state index contributed by atoms with van der Waals surface area (Å²) >= 11 is 0. The molecule has 0 radical (unpaired) electrons. The first-order valence-corrected chi connectivity index (χ1v) is 6.96. The SMILES string of the molecule is CC(C)N1C(=O)CN(C(=O)C(C)(C)C)c2ccccc21. The van der Waals surface area contributed by atoms with Gasteiger partial charge in [0.2, 0.25) is 11.8 Å². The zero-order valence-corrected chi connectivity index (χ0v) is 12.8. The summed E-state index contributed by atoms with van der Waals surface area (Å²) in [6.45, 7) is 9.70.